The van der Waals surface area contributed by atoms with E-state index >= 15 is 0 Å². The van der Waals surface area contributed by atoms with Crippen LogP contribution >= 0.6 is 0 Å². The van der Waals surface area contributed by atoms with Crippen molar-refractivity contribution in [3.8, 4) is 5.75 Å². The highest BCUT2D eigenvalue weighted by Crippen LogP contribution is 2.22. The standard InChI is InChI=1S/C16H25NO2/c1-13-6-3-7-14(2)16(13)19-11-5-9-17-12-15-8-4-10-18-15/h3,6-7,15,17H,4-5,8-12H2,1-2H3. The first kappa shape index (κ1) is 14.4. The molecule has 0 bridgehead atoms. The number of nitrogens with one attached hydrogen (secondary N) is 1. The number of ether oxygens (including phenoxy) is 2. The van der Waals surface area contributed by atoms with E-state index in [0.29, 0.717) is 6.10 Å². The van der Waals surface area contributed by atoms with Crippen molar-refractivity contribution in [2.75, 3.05) is 26.3 Å². The smallest absolute Gasteiger partial charge is 0.125 e. The molecule has 3 nitrogen and oxygen atoms in total. The normalized spacial score (nSPS) is 18.7. The Morgan fingerprint density at radius 3 is 2.79 bits per heavy atom. The van der Waals surface area contributed by atoms with E-state index in [0.717, 1.165) is 38.5 Å². The van der Waals surface area contributed by atoms with E-state index in [9.17, 15) is 0 Å². The van der Waals surface area contributed by atoms with Gasteiger partial charge >= 0.3 is 0 Å². The Hall–Kier alpha value is -1.06. The molecule has 0 saturated carbocycles. The van der Waals surface area contributed by atoms with Crippen LogP contribution in [0.15, 0.2) is 18.2 Å². The molecule has 1 aromatic carbocycles. The topological polar surface area (TPSA) is 30.5 Å². The second kappa shape index (κ2) is 7.51. The van der Waals surface area contributed by atoms with Crippen LogP contribution in [0.25, 0.3) is 0 Å². The third kappa shape index (κ3) is 4.51. The number of hydrogen-bond acceptors (Lipinski definition) is 3. The summed E-state index contributed by atoms with van der Waals surface area (Å²) in [5.41, 5.74) is 2.43. The molecule has 19 heavy (non-hydrogen) atoms. The van der Waals surface area contributed by atoms with Gasteiger partial charge in [0, 0.05) is 13.2 Å². The predicted molar refractivity (Wildman–Crippen MR) is 77.9 cm³/mol. The molecule has 0 aromatic heterocycles. The van der Waals surface area contributed by atoms with Crippen LogP contribution in [0, 0.1) is 13.8 Å². The predicted octanol–water partition coefficient (Wildman–Crippen LogP) is 2.84. The van der Waals surface area contributed by atoms with Crippen molar-refractivity contribution in [1.82, 2.24) is 5.32 Å². The number of aryl methyl sites for hydroxylation is 2. The molecule has 0 radical (unpaired) electrons. The third-order valence-corrected chi connectivity index (χ3v) is 3.55. The summed E-state index contributed by atoms with van der Waals surface area (Å²) in [6.07, 6.45) is 3.87. The minimum Gasteiger partial charge on any atom is -0.493 e. The number of benzene rings is 1. The van der Waals surface area contributed by atoms with E-state index in [-0.39, 0.29) is 0 Å². The van der Waals surface area contributed by atoms with Crippen molar-refractivity contribution in [2.45, 2.75) is 39.2 Å². The van der Waals surface area contributed by atoms with Gasteiger partial charge in [-0.2, -0.15) is 0 Å². The lowest BCUT2D eigenvalue weighted by molar-refractivity contribution is 0.110. The number of hydrogen-bond donors (Lipinski definition) is 1. The third-order valence-electron chi connectivity index (χ3n) is 3.55. The maximum Gasteiger partial charge on any atom is 0.125 e. The lowest BCUT2D eigenvalue weighted by Crippen LogP contribution is -2.27. The minimum atomic E-state index is 0.430. The van der Waals surface area contributed by atoms with Crippen LogP contribution in [-0.2, 0) is 4.74 Å². The van der Waals surface area contributed by atoms with Gasteiger partial charge in [-0.1, -0.05) is 18.2 Å². The van der Waals surface area contributed by atoms with E-state index in [4.69, 9.17) is 9.47 Å². The highest BCUT2D eigenvalue weighted by Gasteiger charge is 2.14. The van der Waals surface area contributed by atoms with E-state index in [1.807, 2.05) is 0 Å². The minimum absolute atomic E-state index is 0.430. The van der Waals surface area contributed by atoms with Crippen LogP contribution in [0.5, 0.6) is 5.75 Å². The van der Waals surface area contributed by atoms with E-state index in [1.165, 1.54) is 24.0 Å². The Balaban J connectivity index is 1.58. The molecule has 1 unspecified atom stereocenters. The summed E-state index contributed by atoms with van der Waals surface area (Å²) in [4.78, 5) is 0. The molecule has 1 aliphatic rings. The molecule has 1 aromatic rings. The van der Waals surface area contributed by atoms with Crippen molar-refractivity contribution < 1.29 is 9.47 Å². The molecule has 0 aliphatic carbocycles. The fourth-order valence-corrected chi connectivity index (χ4v) is 2.47. The summed E-state index contributed by atoms with van der Waals surface area (Å²) in [6, 6.07) is 6.26. The zero-order chi connectivity index (χ0) is 13.5. The largest absolute Gasteiger partial charge is 0.493 e. The van der Waals surface area contributed by atoms with Gasteiger partial charge in [-0.05, 0) is 50.8 Å². The van der Waals surface area contributed by atoms with Crippen LogP contribution < -0.4 is 10.1 Å². The van der Waals surface area contributed by atoms with Crippen LogP contribution in [0.1, 0.15) is 30.4 Å². The quantitative estimate of drug-likeness (QED) is 0.767. The summed E-state index contributed by atoms with van der Waals surface area (Å²) in [7, 11) is 0. The molecular weight excluding hydrogens is 238 g/mol. The van der Waals surface area contributed by atoms with Gasteiger partial charge in [-0.15, -0.1) is 0 Å². The Morgan fingerprint density at radius 1 is 1.32 bits per heavy atom. The zero-order valence-electron chi connectivity index (χ0n) is 12.1. The van der Waals surface area contributed by atoms with Crippen molar-refractivity contribution >= 4 is 0 Å². The Kier molecular flexibility index (Phi) is 5.67. The molecule has 1 N–H and O–H groups in total. The lowest BCUT2D eigenvalue weighted by atomic mass is 10.1. The molecule has 2 rings (SSSR count). The van der Waals surface area contributed by atoms with Crippen molar-refractivity contribution in [1.29, 1.82) is 0 Å². The monoisotopic (exact) mass is 263 g/mol. The average Bonchev–Trinajstić information content (AvgIpc) is 2.89. The summed E-state index contributed by atoms with van der Waals surface area (Å²) in [5.74, 6) is 1.04. The fourth-order valence-electron chi connectivity index (χ4n) is 2.47. The Labute approximate surface area is 116 Å². The van der Waals surface area contributed by atoms with Crippen LogP contribution in [0.2, 0.25) is 0 Å². The average molecular weight is 263 g/mol. The maximum absolute atomic E-state index is 5.87. The van der Waals surface area contributed by atoms with Crippen LogP contribution in [0.3, 0.4) is 0 Å². The number of rotatable bonds is 7. The molecule has 1 fully saturated rings. The molecule has 1 atom stereocenters. The van der Waals surface area contributed by atoms with Gasteiger partial charge in [-0.25, -0.2) is 0 Å². The van der Waals surface area contributed by atoms with Crippen molar-refractivity contribution in [3.05, 3.63) is 29.3 Å². The molecule has 106 valence electrons. The summed E-state index contributed by atoms with van der Waals surface area (Å²) in [5, 5.41) is 3.44. The Morgan fingerprint density at radius 2 is 2.11 bits per heavy atom. The van der Waals surface area contributed by atoms with Gasteiger partial charge in [-0.3, -0.25) is 0 Å². The SMILES string of the molecule is Cc1cccc(C)c1OCCCNCC1CCCO1. The van der Waals surface area contributed by atoms with Gasteiger partial charge in [0.05, 0.1) is 12.7 Å². The first-order chi connectivity index (χ1) is 9.27. The highest BCUT2D eigenvalue weighted by molar-refractivity contribution is 5.39. The van der Waals surface area contributed by atoms with Gasteiger partial charge in [0.15, 0.2) is 0 Å². The highest BCUT2D eigenvalue weighted by atomic mass is 16.5. The molecule has 0 amide bonds. The molecule has 0 spiro atoms. The Bertz CT molecular complexity index is 366. The molecular formula is C16H25NO2. The summed E-state index contributed by atoms with van der Waals surface area (Å²) >= 11 is 0. The molecule has 1 saturated heterocycles. The second-order valence-corrected chi connectivity index (χ2v) is 5.26. The molecule has 1 heterocycles. The maximum atomic E-state index is 5.87. The van der Waals surface area contributed by atoms with Crippen molar-refractivity contribution in [3.63, 3.8) is 0 Å². The van der Waals surface area contributed by atoms with E-state index in [2.05, 4.69) is 37.4 Å². The first-order valence-electron chi connectivity index (χ1n) is 7.28. The van der Waals surface area contributed by atoms with Gasteiger partial charge in [0.2, 0.25) is 0 Å². The van der Waals surface area contributed by atoms with E-state index in [1.54, 1.807) is 0 Å². The zero-order valence-corrected chi connectivity index (χ0v) is 12.1. The number of para-hydroxylation sites is 1. The van der Waals surface area contributed by atoms with E-state index < -0.39 is 0 Å². The van der Waals surface area contributed by atoms with Crippen LogP contribution in [-0.4, -0.2) is 32.4 Å². The molecule has 1 aliphatic heterocycles. The summed E-state index contributed by atoms with van der Waals surface area (Å²) < 4.78 is 11.4. The fraction of sp³-hybridized carbons (Fsp3) is 0.625. The van der Waals surface area contributed by atoms with Crippen molar-refractivity contribution in [2.24, 2.45) is 0 Å². The van der Waals surface area contributed by atoms with Crippen LogP contribution in [0.4, 0.5) is 0 Å². The lowest BCUT2D eigenvalue weighted by Gasteiger charge is -2.13. The summed E-state index contributed by atoms with van der Waals surface area (Å²) in [6.45, 7) is 7.86. The first-order valence-corrected chi connectivity index (χ1v) is 7.28. The van der Waals surface area contributed by atoms with Gasteiger partial charge in [0.25, 0.3) is 0 Å². The van der Waals surface area contributed by atoms with Gasteiger partial charge < -0.3 is 14.8 Å². The molecule has 3 heteroatoms. The second-order valence-electron chi connectivity index (χ2n) is 5.26. The van der Waals surface area contributed by atoms with Gasteiger partial charge in [0.1, 0.15) is 5.75 Å².